The molecule has 2 aromatic rings. The molecule has 3 unspecified atom stereocenters. The van der Waals surface area contributed by atoms with Crippen LogP contribution in [0, 0.1) is 5.92 Å². The van der Waals surface area contributed by atoms with Crippen molar-refractivity contribution in [3.05, 3.63) is 30.7 Å². The first-order valence-electron chi connectivity index (χ1n) is 8.94. The summed E-state index contributed by atoms with van der Waals surface area (Å²) < 4.78 is 1.53. The Morgan fingerprint density at radius 1 is 1.37 bits per heavy atom. The van der Waals surface area contributed by atoms with E-state index in [1.165, 1.54) is 16.6 Å². The average Bonchev–Trinajstić information content (AvgIpc) is 3.28. The molecule has 3 heterocycles. The molecular weight excluding hydrogens is 348 g/mol. The zero-order valence-corrected chi connectivity index (χ0v) is 15.6. The Kier molecular flexibility index (Phi) is 5.50. The molecule has 0 saturated carbocycles. The van der Waals surface area contributed by atoms with Gasteiger partial charge in [-0.3, -0.25) is 14.6 Å². The summed E-state index contributed by atoms with van der Waals surface area (Å²) >= 11 is 0. The van der Waals surface area contributed by atoms with Gasteiger partial charge in [0.2, 0.25) is 11.8 Å². The first-order valence-corrected chi connectivity index (χ1v) is 8.94. The lowest BCUT2D eigenvalue weighted by Gasteiger charge is -2.29. The first kappa shape index (κ1) is 19.0. The van der Waals surface area contributed by atoms with Crippen LogP contribution in [-0.4, -0.2) is 67.5 Å². The number of carbonyl (C=O) groups is 2. The van der Waals surface area contributed by atoms with E-state index in [0.717, 1.165) is 5.56 Å². The van der Waals surface area contributed by atoms with Gasteiger partial charge in [0.05, 0.1) is 12.3 Å². The lowest BCUT2D eigenvalue weighted by Crippen LogP contribution is -2.48. The van der Waals surface area contributed by atoms with Gasteiger partial charge in [-0.25, -0.2) is 4.68 Å². The van der Waals surface area contributed by atoms with Crippen LogP contribution >= 0.6 is 0 Å². The minimum atomic E-state index is -0.717. The lowest BCUT2D eigenvalue weighted by molar-refractivity contribution is -0.142. The highest BCUT2D eigenvalue weighted by molar-refractivity contribution is 5.90. The molecule has 2 aromatic heterocycles. The Labute approximate surface area is 157 Å². The smallest absolute Gasteiger partial charge is 0.248 e. The van der Waals surface area contributed by atoms with Crippen molar-refractivity contribution < 1.29 is 14.7 Å². The second kappa shape index (κ2) is 7.83. The van der Waals surface area contributed by atoms with Crippen molar-refractivity contribution in [2.75, 3.05) is 13.6 Å². The number of hydrogen-bond acceptors (Lipinski definition) is 6. The van der Waals surface area contributed by atoms with Crippen LogP contribution < -0.4 is 5.32 Å². The number of likely N-dealkylation sites (N-methyl/N-ethyl adjacent to an activating group) is 1. The number of nitrogens with zero attached hydrogens (tertiary/aromatic N) is 5. The molecule has 27 heavy (non-hydrogen) atoms. The van der Waals surface area contributed by atoms with Crippen molar-refractivity contribution in [3.8, 4) is 11.3 Å². The summed E-state index contributed by atoms with van der Waals surface area (Å²) in [5.41, 5.74) is 1.42. The number of amides is 2. The van der Waals surface area contributed by atoms with Gasteiger partial charge in [-0.15, -0.1) is 5.10 Å². The van der Waals surface area contributed by atoms with E-state index in [2.05, 4.69) is 20.6 Å². The molecule has 0 aliphatic carbocycles. The summed E-state index contributed by atoms with van der Waals surface area (Å²) in [5, 5.41) is 20.9. The van der Waals surface area contributed by atoms with Crippen LogP contribution in [0.15, 0.2) is 30.7 Å². The van der Waals surface area contributed by atoms with Gasteiger partial charge in [-0.2, -0.15) is 0 Å². The largest absolute Gasteiger partial charge is 0.391 e. The zero-order valence-electron chi connectivity index (χ0n) is 15.6. The number of aromatic nitrogens is 4. The van der Waals surface area contributed by atoms with Gasteiger partial charge in [-0.1, -0.05) is 19.1 Å². The van der Waals surface area contributed by atoms with Crippen molar-refractivity contribution >= 4 is 11.8 Å². The number of hydrogen-bond donors (Lipinski definition) is 2. The van der Waals surface area contributed by atoms with Gasteiger partial charge < -0.3 is 15.3 Å². The number of likely N-dealkylation sites (tertiary alicyclic amines) is 1. The Balaban J connectivity index is 1.88. The maximum absolute atomic E-state index is 13.2. The van der Waals surface area contributed by atoms with E-state index in [9.17, 15) is 14.7 Å². The molecule has 2 N–H and O–H groups in total. The first-order chi connectivity index (χ1) is 12.9. The summed E-state index contributed by atoms with van der Waals surface area (Å²) in [6, 6.07) is 2.37. The third-order valence-electron chi connectivity index (χ3n) is 4.75. The Morgan fingerprint density at radius 3 is 2.78 bits per heavy atom. The van der Waals surface area contributed by atoms with Crippen molar-refractivity contribution in [1.29, 1.82) is 0 Å². The summed E-state index contributed by atoms with van der Waals surface area (Å²) in [6.45, 7) is 3.95. The average molecular weight is 372 g/mol. The summed E-state index contributed by atoms with van der Waals surface area (Å²) in [6.07, 6.45) is 4.58. The zero-order chi connectivity index (χ0) is 19.6. The summed E-state index contributed by atoms with van der Waals surface area (Å²) in [7, 11) is 1.52. The van der Waals surface area contributed by atoms with Crippen LogP contribution in [-0.2, 0) is 9.59 Å². The van der Waals surface area contributed by atoms with Crippen LogP contribution in [0.1, 0.15) is 26.3 Å². The van der Waals surface area contributed by atoms with Gasteiger partial charge in [0.1, 0.15) is 17.8 Å². The molecule has 9 heteroatoms. The van der Waals surface area contributed by atoms with Crippen LogP contribution in [0.3, 0.4) is 0 Å². The molecule has 0 radical (unpaired) electrons. The fourth-order valence-corrected chi connectivity index (χ4v) is 3.41. The number of aliphatic hydroxyl groups is 1. The van der Waals surface area contributed by atoms with Crippen LogP contribution in [0.25, 0.3) is 11.3 Å². The highest BCUT2D eigenvalue weighted by Crippen LogP contribution is 2.27. The molecule has 9 nitrogen and oxygen atoms in total. The number of carbonyl (C=O) groups excluding carboxylic acids is 2. The van der Waals surface area contributed by atoms with E-state index in [1.807, 2.05) is 19.9 Å². The van der Waals surface area contributed by atoms with Gasteiger partial charge in [0, 0.05) is 38.0 Å². The van der Waals surface area contributed by atoms with E-state index in [4.69, 9.17) is 0 Å². The fraction of sp³-hybridized carbons (Fsp3) is 0.500. The predicted octanol–water partition coefficient (Wildman–Crippen LogP) is 0.245. The molecule has 3 rings (SSSR count). The maximum Gasteiger partial charge on any atom is 0.248 e. The molecule has 2 amide bonds. The molecule has 3 atom stereocenters. The number of aliphatic hydroxyl groups excluding tert-OH is 1. The Hall–Kier alpha value is -2.81. The molecule has 144 valence electrons. The van der Waals surface area contributed by atoms with Gasteiger partial charge in [0.15, 0.2) is 0 Å². The topological polar surface area (TPSA) is 113 Å². The van der Waals surface area contributed by atoms with E-state index >= 15 is 0 Å². The van der Waals surface area contributed by atoms with Gasteiger partial charge in [-0.05, 0) is 18.1 Å². The molecule has 1 aliphatic rings. The minimum Gasteiger partial charge on any atom is -0.391 e. The molecule has 0 spiro atoms. The van der Waals surface area contributed by atoms with E-state index in [-0.39, 0.29) is 30.7 Å². The number of nitrogens with one attached hydrogen (secondary N) is 1. The van der Waals surface area contributed by atoms with Gasteiger partial charge >= 0.3 is 0 Å². The normalized spacial score (nSPS) is 20.7. The second-order valence-electron chi connectivity index (χ2n) is 7.02. The SMILES string of the molecule is CNC(=O)C1CC(O)CN1C(=O)C(C(C)C)n1cc(-c2cccnc2)nn1. The van der Waals surface area contributed by atoms with Crippen molar-refractivity contribution in [2.24, 2.45) is 5.92 Å². The number of rotatable bonds is 5. The number of β-amino-alcohol motifs (C(OH)–C–C–N with tert-alkyl or cyclic N) is 1. The van der Waals surface area contributed by atoms with Gasteiger partial charge in [0.25, 0.3) is 0 Å². The third kappa shape index (κ3) is 3.82. The van der Waals surface area contributed by atoms with Crippen molar-refractivity contribution in [1.82, 2.24) is 30.2 Å². The highest BCUT2D eigenvalue weighted by Gasteiger charge is 2.42. The summed E-state index contributed by atoms with van der Waals surface area (Å²) in [4.78, 5) is 30.9. The lowest BCUT2D eigenvalue weighted by atomic mass is 10.0. The molecular formula is C18H24N6O3. The molecule has 1 saturated heterocycles. The van der Waals surface area contributed by atoms with E-state index in [1.54, 1.807) is 24.7 Å². The molecule has 1 fully saturated rings. The Morgan fingerprint density at radius 2 is 2.15 bits per heavy atom. The molecule has 1 aliphatic heterocycles. The standard InChI is InChI=1S/C18H24N6O3/c1-11(2)16(18(27)23-9-13(25)7-15(23)17(26)19-3)24-10-14(21-22-24)12-5-4-6-20-8-12/h4-6,8,10-11,13,15-16,25H,7,9H2,1-3H3,(H,19,26). The molecule has 0 aromatic carbocycles. The summed E-state index contributed by atoms with van der Waals surface area (Å²) in [5.74, 6) is -0.612. The quantitative estimate of drug-likeness (QED) is 0.778. The van der Waals surface area contributed by atoms with Crippen molar-refractivity contribution in [3.63, 3.8) is 0 Å². The fourth-order valence-electron chi connectivity index (χ4n) is 3.41. The third-order valence-corrected chi connectivity index (χ3v) is 4.75. The van der Waals surface area contributed by atoms with Crippen molar-refractivity contribution in [2.45, 2.75) is 38.5 Å². The van der Waals surface area contributed by atoms with Crippen LogP contribution in [0.5, 0.6) is 0 Å². The molecule has 0 bridgehead atoms. The van der Waals surface area contributed by atoms with E-state index < -0.39 is 18.2 Å². The Bertz CT molecular complexity index is 806. The highest BCUT2D eigenvalue weighted by atomic mass is 16.3. The van der Waals surface area contributed by atoms with Crippen LogP contribution in [0.2, 0.25) is 0 Å². The van der Waals surface area contributed by atoms with Crippen LogP contribution in [0.4, 0.5) is 0 Å². The predicted molar refractivity (Wildman–Crippen MR) is 97.3 cm³/mol. The van der Waals surface area contributed by atoms with E-state index in [0.29, 0.717) is 5.69 Å². The maximum atomic E-state index is 13.2. The minimum absolute atomic E-state index is 0.0796. The number of pyridine rings is 1. The monoisotopic (exact) mass is 372 g/mol. The second-order valence-corrected chi connectivity index (χ2v) is 7.02.